The normalized spacial score (nSPS) is 10.9. The fraction of sp³-hybridized carbons (Fsp3) is 0.455. The van der Waals surface area contributed by atoms with Crippen molar-refractivity contribution in [2.24, 2.45) is 0 Å². The van der Waals surface area contributed by atoms with E-state index >= 15 is 0 Å². The van der Waals surface area contributed by atoms with Crippen molar-refractivity contribution in [3.63, 3.8) is 0 Å². The van der Waals surface area contributed by atoms with Crippen LogP contribution in [0.4, 0.5) is 0 Å². The molecule has 0 unspecified atom stereocenters. The standard InChI is InChI=1S/C11H16N4OS/c1-9-4-13-11(17-9)7-12-5-10-6-14-15(8-10)2-3-16/h4,6,8,12,16H,2-3,5,7H2,1H3. The van der Waals surface area contributed by atoms with Gasteiger partial charge in [0, 0.05) is 35.9 Å². The third-order valence-electron chi connectivity index (χ3n) is 2.29. The van der Waals surface area contributed by atoms with E-state index in [2.05, 4.69) is 22.3 Å². The van der Waals surface area contributed by atoms with Gasteiger partial charge in [-0.25, -0.2) is 4.98 Å². The van der Waals surface area contributed by atoms with Gasteiger partial charge in [-0.05, 0) is 6.92 Å². The summed E-state index contributed by atoms with van der Waals surface area (Å²) in [7, 11) is 0. The Labute approximate surface area is 104 Å². The SMILES string of the molecule is Cc1cnc(CNCc2cnn(CCO)c2)s1. The third-order valence-corrected chi connectivity index (χ3v) is 3.20. The van der Waals surface area contributed by atoms with Crippen LogP contribution in [0.25, 0.3) is 0 Å². The number of aliphatic hydroxyl groups excluding tert-OH is 1. The molecular weight excluding hydrogens is 236 g/mol. The smallest absolute Gasteiger partial charge is 0.107 e. The third kappa shape index (κ3) is 3.62. The average Bonchev–Trinajstić information content (AvgIpc) is 2.89. The van der Waals surface area contributed by atoms with E-state index in [1.807, 2.05) is 18.6 Å². The van der Waals surface area contributed by atoms with E-state index in [4.69, 9.17) is 5.11 Å². The molecule has 6 heteroatoms. The highest BCUT2D eigenvalue weighted by Gasteiger charge is 2.00. The summed E-state index contributed by atoms with van der Waals surface area (Å²) in [6.07, 6.45) is 5.65. The number of thiazole rings is 1. The molecule has 2 heterocycles. The van der Waals surface area contributed by atoms with E-state index in [0.717, 1.165) is 23.7 Å². The summed E-state index contributed by atoms with van der Waals surface area (Å²) >= 11 is 1.71. The molecule has 0 spiro atoms. The van der Waals surface area contributed by atoms with E-state index in [1.165, 1.54) is 4.88 Å². The molecule has 2 aromatic rings. The topological polar surface area (TPSA) is 63.0 Å². The lowest BCUT2D eigenvalue weighted by molar-refractivity contribution is 0.269. The number of rotatable bonds is 6. The second-order valence-electron chi connectivity index (χ2n) is 3.80. The first-order valence-electron chi connectivity index (χ1n) is 5.52. The Morgan fingerprint density at radius 1 is 1.41 bits per heavy atom. The lowest BCUT2D eigenvalue weighted by atomic mass is 10.3. The Hall–Kier alpha value is -1.24. The Balaban J connectivity index is 1.77. The molecule has 0 aliphatic rings. The quantitative estimate of drug-likeness (QED) is 0.803. The molecule has 0 fully saturated rings. The molecule has 0 amide bonds. The lowest BCUT2D eigenvalue weighted by Crippen LogP contribution is -2.12. The first kappa shape index (κ1) is 12.2. The van der Waals surface area contributed by atoms with Crippen LogP contribution in [0.3, 0.4) is 0 Å². The molecule has 92 valence electrons. The second-order valence-corrected chi connectivity index (χ2v) is 5.12. The molecule has 0 saturated carbocycles. The molecule has 0 atom stereocenters. The predicted molar refractivity (Wildman–Crippen MR) is 66.7 cm³/mol. The van der Waals surface area contributed by atoms with Crippen molar-refractivity contribution in [2.75, 3.05) is 6.61 Å². The molecule has 0 radical (unpaired) electrons. The molecule has 0 aromatic carbocycles. The zero-order valence-electron chi connectivity index (χ0n) is 9.76. The Kier molecular flexibility index (Phi) is 4.24. The van der Waals surface area contributed by atoms with Gasteiger partial charge in [-0.2, -0.15) is 5.10 Å². The van der Waals surface area contributed by atoms with Crippen molar-refractivity contribution in [3.8, 4) is 0 Å². The van der Waals surface area contributed by atoms with Crippen LogP contribution < -0.4 is 5.32 Å². The monoisotopic (exact) mass is 252 g/mol. The molecule has 0 saturated heterocycles. The highest BCUT2D eigenvalue weighted by Crippen LogP contribution is 2.10. The fourth-order valence-electron chi connectivity index (χ4n) is 1.52. The van der Waals surface area contributed by atoms with E-state index in [9.17, 15) is 0 Å². The molecule has 2 aromatic heterocycles. The first-order valence-corrected chi connectivity index (χ1v) is 6.34. The molecule has 0 bridgehead atoms. The van der Waals surface area contributed by atoms with Crippen molar-refractivity contribution in [1.29, 1.82) is 0 Å². The van der Waals surface area contributed by atoms with Gasteiger partial charge in [-0.3, -0.25) is 4.68 Å². The Morgan fingerprint density at radius 2 is 2.29 bits per heavy atom. The minimum Gasteiger partial charge on any atom is -0.394 e. The zero-order chi connectivity index (χ0) is 12.1. The van der Waals surface area contributed by atoms with Gasteiger partial charge in [0.05, 0.1) is 19.3 Å². The number of aromatic nitrogens is 3. The minimum atomic E-state index is 0.118. The summed E-state index contributed by atoms with van der Waals surface area (Å²) in [6.45, 7) is 4.27. The molecule has 2 rings (SSSR count). The Bertz CT molecular complexity index is 465. The van der Waals surface area contributed by atoms with E-state index < -0.39 is 0 Å². The average molecular weight is 252 g/mol. The summed E-state index contributed by atoms with van der Waals surface area (Å²) < 4.78 is 1.74. The summed E-state index contributed by atoms with van der Waals surface area (Å²) in [5, 5.41) is 17.3. The maximum atomic E-state index is 8.77. The number of hydrogen-bond donors (Lipinski definition) is 2. The number of nitrogens with zero attached hydrogens (tertiary/aromatic N) is 3. The van der Waals surface area contributed by atoms with Crippen molar-refractivity contribution in [1.82, 2.24) is 20.1 Å². The molecule has 0 aliphatic heterocycles. The van der Waals surface area contributed by atoms with Crippen LogP contribution >= 0.6 is 11.3 Å². The van der Waals surface area contributed by atoms with Gasteiger partial charge < -0.3 is 10.4 Å². The zero-order valence-corrected chi connectivity index (χ0v) is 10.6. The van der Waals surface area contributed by atoms with Gasteiger partial charge in [0.1, 0.15) is 5.01 Å². The van der Waals surface area contributed by atoms with Gasteiger partial charge >= 0.3 is 0 Å². The van der Waals surface area contributed by atoms with Crippen LogP contribution in [-0.4, -0.2) is 26.5 Å². The van der Waals surface area contributed by atoms with Crippen molar-refractivity contribution in [3.05, 3.63) is 34.0 Å². The predicted octanol–water partition coefficient (Wildman–Crippen LogP) is 0.930. The van der Waals surface area contributed by atoms with Gasteiger partial charge in [0.15, 0.2) is 0 Å². The van der Waals surface area contributed by atoms with Crippen LogP contribution in [0.2, 0.25) is 0 Å². The van der Waals surface area contributed by atoms with E-state index in [-0.39, 0.29) is 6.61 Å². The van der Waals surface area contributed by atoms with Crippen LogP contribution in [0, 0.1) is 6.92 Å². The van der Waals surface area contributed by atoms with Crippen LogP contribution in [-0.2, 0) is 19.6 Å². The number of hydrogen-bond acceptors (Lipinski definition) is 5. The second kappa shape index (κ2) is 5.90. The van der Waals surface area contributed by atoms with Gasteiger partial charge in [0.2, 0.25) is 0 Å². The summed E-state index contributed by atoms with van der Waals surface area (Å²) in [4.78, 5) is 5.52. The van der Waals surface area contributed by atoms with Crippen LogP contribution in [0.15, 0.2) is 18.6 Å². The van der Waals surface area contributed by atoms with Crippen LogP contribution in [0.1, 0.15) is 15.4 Å². The number of aliphatic hydroxyl groups is 1. The maximum Gasteiger partial charge on any atom is 0.107 e. The maximum absolute atomic E-state index is 8.77. The molecule has 17 heavy (non-hydrogen) atoms. The molecule has 5 nitrogen and oxygen atoms in total. The summed E-state index contributed by atoms with van der Waals surface area (Å²) in [5.74, 6) is 0. The van der Waals surface area contributed by atoms with E-state index in [0.29, 0.717) is 6.54 Å². The molecule has 2 N–H and O–H groups in total. The highest BCUT2D eigenvalue weighted by atomic mass is 32.1. The number of aryl methyl sites for hydroxylation is 1. The Morgan fingerprint density at radius 3 is 3.00 bits per heavy atom. The summed E-state index contributed by atoms with van der Waals surface area (Å²) in [6, 6.07) is 0. The first-order chi connectivity index (χ1) is 8.28. The lowest BCUT2D eigenvalue weighted by Gasteiger charge is -1.99. The van der Waals surface area contributed by atoms with Gasteiger partial charge in [0.25, 0.3) is 0 Å². The minimum absolute atomic E-state index is 0.118. The van der Waals surface area contributed by atoms with Crippen molar-refractivity contribution >= 4 is 11.3 Å². The highest BCUT2D eigenvalue weighted by molar-refractivity contribution is 7.11. The summed E-state index contributed by atoms with van der Waals surface area (Å²) in [5.41, 5.74) is 1.12. The number of nitrogens with one attached hydrogen (secondary N) is 1. The fourth-order valence-corrected chi connectivity index (χ4v) is 2.28. The molecule has 0 aliphatic carbocycles. The van der Waals surface area contributed by atoms with Gasteiger partial charge in [-0.1, -0.05) is 0 Å². The molecular formula is C11H16N4OS. The van der Waals surface area contributed by atoms with E-state index in [1.54, 1.807) is 16.0 Å². The van der Waals surface area contributed by atoms with Crippen molar-refractivity contribution in [2.45, 2.75) is 26.6 Å². The largest absolute Gasteiger partial charge is 0.394 e. The van der Waals surface area contributed by atoms with Gasteiger partial charge in [-0.15, -0.1) is 11.3 Å². The van der Waals surface area contributed by atoms with Crippen LogP contribution in [0.5, 0.6) is 0 Å². The van der Waals surface area contributed by atoms with Crippen molar-refractivity contribution < 1.29 is 5.11 Å².